The fourth-order valence-corrected chi connectivity index (χ4v) is 2.57. The van der Waals surface area contributed by atoms with Gasteiger partial charge in [-0.1, -0.05) is 0 Å². The molecule has 2 atom stereocenters. The summed E-state index contributed by atoms with van der Waals surface area (Å²) >= 11 is 0. The third-order valence-corrected chi connectivity index (χ3v) is 3.84. The molecule has 3 N–H and O–H groups in total. The molecule has 126 valence electrons. The Morgan fingerprint density at radius 1 is 1.38 bits per heavy atom. The van der Waals surface area contributed by atoms with E-state index >= 15 is 0 Å². The molecular formula is C14H17FN8O. The van der Waals surface area contributed by atoms with E-state index < -0.39 is 12.3 Å². The number of aromatic nitrogens is 6. The Hall–Kier alpha value is -2.75. The fourth-order valence-electron chi connectivity index (χ4n) is 2.57. The second-order valence-electron chi connectivity index (χ2n) is 5.52. The molecular weight excluding hydrogens is 315 g/mol. The minimum atomic E-state index is -1.07. The molecule has 0 amide bonds. The molecule has 0 radical (unpaired) electrons. The van der Waals surface area contributed by atoms with Crippen molar-refractivity contribution < 1.29 is 9.13 Å². The van der Waals surface area contributed by atoms with E-state index in [1.54, 1.807) is 17.1 Å². The van der Waals surface area contributed by atoms with Crippen LogP contribution in [0.15, 0.2) is 18.6 Å². The van der Waals surface area contributed by atoms with Gasteiger partial charge in [-0.2, -0.15) is 20.2 Å². The standard InChI is InChI=1S/C14H17FN8O/c1-2-23-7-8(3-18-23)19-14-20-12-9(4-17-22-12)13(21-14)24-11-6-16-5-10(11)15/h3-4,7,10-11,16H,2,5-6H2,1H3,(H2,17,19,20,21,22)/t10-,11+/m1/s1. The number of anilines is 2. The molecule has 10 heteroatoms. The minimum absolute atomic E-state index is 0.283. The molecule has 0 unspecified atom stereocenters. The number of alkyl halides is 1. The molecule has 1 aliphatic rings. The van der Waals surface area contributed by atoms with Crippen molar-refractivity contribution in [3.63, 3.8) is 0 Å². The first-order valence-corrected chi connectivity index (χ1v) is 7.75. The van der Waals surface area contributed by atoms with Gasteiger partial charge >= 0.3 is 0 Å². The molecule has 0 aliphatic carbocycles. The molecule has 4 heterocycles. The molecule has 0 saturated carbocycles. The number of halogens is 1. The summed E-state index contributed by atoms with van der Waals surface area (Å²) in [6, 6.07) is 0. The van der Waals surface area contributed by atoms with E-state index in [-0.39, 0.29) is 6.54 Å². The van der Waals surface area contributed by atoms with Gasteiger partial charge in [0, 0.05) is 25.8 Å². The first kappa shape index (κ1) is 14.8. The van der Waals surface area contributed by atoms with Crippen LogP contribution in [0, 0.1) is 0 Å². The van der Waals surface area contributed by atoms with E-state index in [1.165, 1.54) is 0 Å². The summed E-state index contributed by atoms with van der Waals surface area (Å²) in [6.45, 7) is 3.49. The van der Waals surface area contributed by atoms with E-state index in [9.17, 15) is 4.39 Å². The van der Waals surface area contributed by atoms with Gasteiger partial charge in [0.1, 0.15) is 11.5 Å². The highest BCUT2D eigenvalue weighted by atomic mass is 19.1. The molecule has 4 rings (SSSR count). The lowest BCUT2D eigenvalue weighted by molar-refractivity contribution is 0.136. The van der Waals surface area contributed by atoms with Crippen molar-refractivity contribution >= 4 is 22.7 Å². The largest absolute Gasteiger partial charge is 0.469 e. The topological polar surface area (TPSA) is 106 Å². The van der Waals surface area contributed by atoms with Crippen LogP contribution in [-0.2, 0) is 6.54 Å². The van der Waals surface area contributed by atoms with Crippen LogP contribution in [0.1, 0.15) is 6.92 Å². The Balaban J connectivity index is 1.63. The van der Waals surface area contributed by atoms with Gasteiger partial charge in [0.05, 0.1) is 18.1 Å². The molecule has 3 aromatic rings. The smallest absolute Gasteiger partial charge is 0.232 e. The predicted molar refractivity (Wildman–Crippen MR) is 85.0 cm³/mol. The van der Waals surface area contributed by atoms with Gasteiger partial charge < -0.3 is 15.4 Å². The van der Waals surface area contributed by atoms with E-state index in [4.69, 9.17) is 4.74 Å². The van der Waals surface area contributed by atoms with Crippen LogP contribution in [-0.4, -0.2) is 55.3 Å². The SMILES string of the molecule is CCn1cc(Nc2nc(O[C@H]3CNC[C@H]3F)c3cn[nH]c3n2)cn1. The first-order chi connectivity index (χ1) is 11.7. The lowest BCUT2D eigenvalue weighted by Gasteiger charge is -2.15. The van der Waals surface area contributed by atoms with Crippen LogP contribution in [0.25, 0.3) is 11.0 Å². The Kier molecular flexibility index (Phi) is 3.73. The number of H-pyrrole nitrogens is 1. The Morgan fingerprint density at radius 2 is 2.29 bits per heavy atom. The summed E-state index contributed by atoms with van der Waals surface area (Å²) in [5.41, 5.74) is 1.28. The Labute approximate surface area is 136 Å². The van der Waals surface area contributed by atoms with Crippen molar-refractivity contribution in [1.82, 2.24) is 35.3 Å². The quantitative estimate of drug-likeness (QED) is 0.640. The van der Waals surface area contributed by atoms with Crippen LogP contribution in [0.4, 0.5) is 16.0 Å². The number of ether oxygens (including phenoxy) is 1. The Bertz CT molecular complexity index is 846. The number of nitrogens with zero attached hydrogens (tertiary/aromatic N) is 5. The molecule has 1 aliphatic heterocycles. The second-order valence-corrected chi connectivity index (χ2v) is 5.52. The number of hydrogen-bond donors (Lipinski definition) is 3. The highest BCUT2D eigenvalue weighted by Crippen LogP contribution is 2.26. The highest BCUT2D eigenvalue weighted by Gasteiger charge is 2.29. The zero-order valence-electron chi connectivity index (χ0n) is 13.0. The van der Waals surface area contributed by atoms with E-state index in [0.717, 1.165) is 12.2 Å². The number of aromatic amines is 1. The Morgan fingerprint density at radius 3 is 3.04 bits per heavy atom. The van der Waals surface area contributed by atoms with Crippen molar-refractivity contribution in [1.29, 1.82) is 0 Å². The van der Waals surface area contributed by atoms with E-state index in [0.29, 0.717) is 29.4 Å². The lowest BCUT2D eigenvalue weighted by atomic mass is 10.3. The second kappa shape index (κ2) is 6.04. The van der Waals surface area contributed by atoms with Gasteiger partial charge in [0.25, 0.3) is 0 Å². The van der Waals surface area contributed by atoms with Gasteiger partial charge in [-0.3, -0.25) is 9.78 Å². The molecule has 1 fully saturated rings. The van der Waals surface area contributed by atoms with Crippen molar-refractivity contribution in [3.05, 3.63) is 18.6 Å². The molecule has 3 aromatic heterocycles. The molecule has 9 nitrogen and oxygen atoms in total. The third kappa shape index (κ3) is 2.75. The van der Waals surface area contributed by atoms with Crippen molar-refractivity contribution in [2.75, 3.05) is 18.4 Å². The minimum Gasteiger partial charge on any atom is -0.469 e. The van der Waals surface area contributed by atoms with E-state index in [2.05, 4.69) is 35.9 Å². The number of hydrogen-bond acceptors (Lipinski definition) is 7. The van der Waals surface area contributed by atoms with Crippen LogP contribution in [0.2, 0.25) is 0 Å². The van der Waals surface area contributed by atoms with Crippen molar-refractivity contribution in [2.45, 2.75) is 25.7 Å². The molecule has 0 bridgehead atoms. The van der Waals surface area contributed by atoms with Gasteiger partial charge in [-0.15, -0.1) is 0 Å². The van der Waals surface area contributed by atoms with Crippen LogP contribution < -0.4 is 15.4 Å². The fraction of sp³-hybridized carbons (Fsp3) is 0.429. The highest BCUT2D eigenvalue weighted by molar-refractivity contribution is 5.81. The summed E-state index contributed by atoms with van der Waals surface area (Å²) in [7, 11) is 0. The first-order valence-electron chi connectivity index (χ1n) is 7.75. The monoisotopic (exact) mass is 332 g/mol. The van der Waals surface area contributed by atoms with Gasteiger partial charge in [0.2, 0.25) is 11.8 Å². The van der Waals surface area contributed by atoms with Crippen LogP contribution in [0.5, 0.6) is 5.88 Å². The summed E-state index contributed by atoms with van der Waals surface area (Å²) < 4.78 is 21.3. The summed E-state index contributed by atoms with van der Waals surface area (Å²) in [4.78, 5) is 8.72. The average molecular weight is 332 g/mol. The van der Waals surface area contributed by atoms with Gasteiger partial charge in [-0.05, 0) is 6.92 Å². The number of fused-ring (bicyclic) bond motifs is 1. The maximum atomic E-state index is 13.8. The van der Waals surface area contributed by atoms with Crippen LogP contribution in [0.3, 0.4) is 0 Å². The molecule has 1 saturated heterocycles. The zero-order valence-corrected chi connectivity index (χ0v) is 13.0. The van der Waals surface area contributed by atoms with Crippen molar-refractivity contribution in [2.24, 2.45) is 0 Å². The number of aryl methyl sites for hydroxylation is 1. The average Bonchev–Trinajstić information content (AvgIpc) is 3.29. The normalized spacial score (nSPS) is 20.6. The maximum absolute atomic E-state index is 13.8. The zero-order chi connectivity index (χ0) is 16.5. The number of nitrogens with one attached hydrogen (secondary N) is 3. The summed E-state index contributed by atoms with van der Waals surface area (Å²) in [5.74, 6) is 0.634. The third-order valence-electron chi connectivity index (χ3n) is 3.84. The van der Waals surface area contributed by atoms with Gasteiger partial charge in [-0.25, -0.2) is 4.39 Å². The molecule has 0 spiro atoms. The maximum Gasteiger partial charge on any atom is 0.232 e. The predicted octanol–water partition coefficient (Wildman–Crippen LogP) is 1.00. The molecule has 0 aromatic carbocycles. The molecule has 24 heavy (non-hydrogen) atoms. The number of rotatable bonds is 5. The van der Waals surface area contributed by atoms with Crippen molar-refractivity contribution in [3.8, 4) is 5.88 Å². The van der Waals surface area contributed by atoms with E-state index in [1.807, 2.05) is 13.1 Å². The lowest BCUT2D eigenvalue weighted by Crippen LogP contribution is -2.27. The summed E-state index contributed by atoms with van der Waals surface area (Å²) in [5, 5.41) is 17.6. The van der Waals surface area contributed by atoms with Gasteiger partial charge in [0.15, 0.2) is 11.8 Å². The summed E-state index contributed by atoms with van der Waals surface area (Å²) in [6.07, 6.45) is 3.46. The van der Waals surface area contributed by atoms with Crippen LogP contribution >= 0.6 is 0 Å².